The quantitative estimate of drug-likeness (QED) is 0.877. The number of carbonyl (C=O) groups is 1. The van der Waals surface area contributed by atoms with E-state index in [2.05, 4.69) is 17.1 Å². The third kappa shape index (κ3) is 2.41. The van der Waals surface area contributed by atoms with Gasteiger partial charge in [0.25, 0.3) is 5.91 Å². The highest BCUT2D eigenvalue weighted by molar-refractivity contribution is 6.06. The summed E-state index contributed by atoms with van der Waals surface area (Å²) < 4.78 is 0. The van der Waals surface area contributed by atoms with Gasteiger partial charge in [-0.1, -0.05) is 12.1 Å². The molecule has 1 fully saturated rings. The van der Waals surface area contributed by atoms with Crippen molar-refractivity contribution in [2.75, 3.05) is 13.1 Å². The zero-order valence-electron chi connectivity index (χ0n) is 13.3. The number of nitrogens with one attached hydrogen (secondary N) is 1. The molecule has 0 atom stereocenters. The number of benzene rings is 1. The van der Waals surface area contributed by atoms with Crippen LogP contribution in [0.5, 0.6) is 0 Å². The number of nitrogens with zero attached hydrogens (tertiary/aromatic N) is 2. The minimum Gasteiger partial charge on any atom is -0.358 e. The summed E-state index contributed by atoms with van der Waals surface area (Å²) in [6, 6.07) is 8.39. The summed E-state index contributed by atoms with van der Waals surface area (Å²) in [7, 11) is 0. The van der Waals surface area contributed by atoms with Crippen molar-refractivity contribution < 1.29 is 4.79 Å². The number of aromatic nitrogens is 1. The number of piperidine rings is 1. The monoisotopic (exact) mass is 307 g/mol. The van der Waals surface area contributed by atoms with E-state index in [-0.39, 0.29) is 11.8 Å². The number of fused-ring (bicyclic) bond motifs is 3. The molecule has 0 unspecified atom stereocenters. The first kappa shape index (κ1) is 14.3. The molecule has 23 heavy (non-hydrogen) atoms. The lowest BCUT2D eigenvalue weighted by Gasteiger charge is -2.29. The maximum absolute atomic E-state index is 12.9. The number of hydrogen-bond donors (Lipinski definition) is 1. The molecule has 1 N–H and O–H groups in total. The van der Waals surface area contributed by atoms with Gasteiger partial charge in [-0.2, -0.15) is 5.26 Å². The van der Waals surface area contributed by atoms with Crippen molar-refractivity contribution in [1.82, 2.24) is 9.88 Å². The van der Waals surface area contributed by atoms with Crippen molar-refractivity contribution in [3.63, 3.8) is 0 Å². The van der Waals surface area contributed by atoms with E-state index in [0.29, 0.717) is 13.1 Å². The summed E-state index contributed by atoms with van der Waals surface area (Å²) in [6.07, 6.45) is 6.25. The molecule has 4 heteroatoms. The smallest absolute Gasteiger partial charge is 0.255 e. The van der Waals surface area contributed by atoms with Crippen molar-refractivity contribution in [1.29, 1.82) is 5.26 Å². The number of para-hydroxylation sites is 1. The Balaban J connectivity index is 1.68. The molecule has 1 aromatic heterocycles. The predicted octanol–water partition coefficient (Wildman–Crippen LogP) is 3.42. The van der Waals surface area contributed by atoms with Crippen LogP contribution in [0.4, 0.5) is 0 Å². The largest absolute Gasteiger partial charge is 0.358 e. The fourth-order valence-corrected chi connectivity index (χ4v) is 3.99. The minimum absolute atomic E-state index is 0.102. The SMILES string of the molecule is N#CC1CCN(C(=O)c2cccc3c4c([nH]c23)CCCC4)CC1. The molecule has 1 saturated heterocycles. The first-order chi connectivity index (χ1) is 11.3. The topological polar surface area (TPSA) is 59.9 Å². The van der Waals surface area contributed by atoms with Gasteiger partial charge in [0.05, 0.1) is 17.1 Å². The van der Waals surface area contributed by atoms with Gasteiger partial charge in [-0.15, -0.1) is 0 Å². The van der Waals surface area contributed by atoms with Crippen LogP contribution in [0.3, 0.4) is 0 Å². The van der Waals surface area contributed by atoms with Gasteiger partial charge >= 0.3 is 0 Å². The van der Waals surface area contributed by atoms with Crippen LogP contribution in [-0.2, 0) is 12.8 Å². The lowest BCUT2D eigenvalue weighted by atomic mass is 9.95. The molecular formula is C19H21N3O. The molecule has 118 valence electrons. The predicted molar refractivity (Wildman–Crippen MR) is 89.2 cm³/mol. The zero-order valence-corrected chi connectivity index (χ0v) is 13.3. The Bertz CT molecular complexity index is 791. The molecule has 4 rings (SSSR count). The highest BCUT2D eigenvalue weighted by Crippen LogP contribution is 2.31. The minimum atomic E-state index is 0.102. The van der Waals surface area contributed by atoms with E-state index in [4.69, 9.17) is 5.26 Å². The standard InChI is InChI=1S/C19H21N3O/c20-12-13-8-10-22(11-9-13)19(23)16-6-3-5-15-14-4-1-2-7-17(14)21-18(15)16/h3,5-6,13,21H,1-2,4,7-11H2. The first-order valence-corrected chi connectivity index (χ1v) is 8.59. The molecular weight excluding hydrogens is 286 g/mol. The van der Waals surface area contributed by atoms with E-state index in [1.54, 1.807) is 0 Å². The van der Waals surface area contributed by atoms with Crippen molar-refractivity contribution >= 4 is 16.8 Å². The summed E-state index contributed by atoms with van der Waals surface area (Å²) in [4.78, 5) is 18.4. The van der Waals surface area contributed by atoms with Crippen molar-refractivity contribution in [2.24, 2.45) is 5.92 Å². The maximum atomic E-state index is 12.9. The molecule has 0 radical (unpaired) electrons. The molecule has 0 bridgehead atoms. The second kappa shape index (κ2) is 5.73. The fraction of sp³-hybridized carbons (Fsp3) is 0.474. The second-order valence-electron chi connectivity index (χ2n) is 6.71. The number of amides is 1. The van der Waals surface area contributed by atoms with E-state index >= 15 is 0 Å². The van der Waals surface area contributed by atoms with Crippen molar-refractivity contribution in [2.45, 2.75) is 38.5 Å². The number of nitriles is 1. The Hall–Kier alpha value is -2.28. The Morgan fingerprint density at radius 1 is 1.22 bits per heavy atom. The fourth-order valence-electron chi connectivity index (χ4n) is 3.99. The van der Waals surface area contributed by atoms with Crippen LogP contribution in [0.2, 0.25) is 0 Å². The number of aromatic amines is 1. The van der Waals surface area contributed by atoms with E-state index < -0.39 is 0 Å². The molecule has 1 amide bonds. The third-order valence-corrected chi connectivity index (χ3v) is 5.33. The number of aryl methyl sites for hydroxylation is 2. The summed E-state index contributed by atoms with van der Waals surface area (Å²) in [5, 5.41) is 10.2. The molecule has 1 aliphatic carbocycles. The van der Waals surface area contributed by atoms with Gasteiger partial charge in [-0.25, -0.2) is 0 Å². The molecule has 4 nitrogen and oxygen atoms in total. The Morgan fingerprint density at radius 3 is 2.78 bits per heavy atom. The van der Waals surface area contributed by atoms with Gasteiger partial charge in [-0.05, 0) is 50.2 Å². The summed E-state index contributed by atoms with van der Waals surface area (Å²) >= 11 is 0. The second-order valence-corrected chi connectivity index (χ2v) is 6.71. The van der Waals surface area contributed by atoms with Gasteiger partial charge in [0, 0.05) is 30.1 Å². The first-order valence-electron chi connectivity index (χ1n) is 8.59. The van der Waals surface area contributed by atoms with Gasteiger partial charge in [-0.3, -0.25) is 4.79 Å². The van der Waals surface area contributed by atoms with Crippen molar-refractivity contribution in [3.05, 3.63) is 35.0 Å². The molecule has 1 aliphatic heterocycles. The van der Waals surface area contributed by atoms with Crippen LogP contribution in [-0.4, -0.2) is 28.9 Å². The molecule has 2 aromatic rings. The van der Waals surface area contributed by atoms with E-state index in [9.17, 15) is 4.79 Å². The van der Waals surface area contributed by atoms with E-state index in [1.807, 2.05) is 17.0 Å². The highest BCUT2D eigenvalue weighted by atomic mass is 16.2. The maximum Gasteiger partial charge on any atom is 0.255 e. The normalized spacial score (nSPS) is 18.7. The number of H-pyrrole nitrogens is 1. The molecule has 1 aromatic carbocycles. The molecule has 0 spiro atoms. The van der Waals surface area contributed by atoms with Crippen LogP contribution in [0, 0.1) is 17.2 Å². The van der Waals surface area contributed by atoms with Crippen molar-refractivity contribution in [3.8, 4) is 6.07 Å². The Labute approximate surface area is 136 Å². The van der Waals surface area contributed by atoms with E-state index in [1.165, 1.54) is 29.5 Å². The number of likely N-dealkylation sites (tertiary alicyclic amines) is 1. The van der Waals surface area contributed by atoms with E-state index in [0.717, 1.165) is 36.8 Å². The average Bonchev–Trinajstić information content (AvgIpc) is 3.00. The van der Waals surface area contributed by atoms with Crippen LogP contribution < -0.4 is 0 Å². The van der Waals surface area contributed by atoms with Crippen LogP contribution in [0.1, 0.15) is 47.3 Å². The van der Waals surface area contributed by atoms with Gasteiger partial charge in [0.2, 0.25) is 0 Å². The summed E-state index contributed by atoms with van der Waals surface area (Å²) in [5.74, 6) is 0.207. The number of carbonyl (C=O) groups excluding carboxylic acids is 1. The van der Waals surface area contributed by atoms with Crippen LogP contribution >= 0.6 is 0 Å². The highest BCUT2D eigenvalue weighted by Gasteiger charge is 2.26. The molecule has 2 aliphatic rings. The molecule has 2 heterocycles. The lowest BCUT2D eigenvalue weighted by molar-refractivity contribution is 0.0709. The van der Waals surface area contributed by atoms with Gasteiger partial charge in [0.15, 0.2) is 0 Å². The number of hydrogen-bond acceptors (Lipinski definition) is 2. The summed E-state index contributed by atoms with van der Waals surface area (Å²) in [5.41, 5.74) is 4.51. The number of rotatable bonds is 1. The van der Waals surface area contributed by atoms with Gasteiger partial charge < -0.3 is 9.88 Å². The lowest BCUT2D eigenvalue weighted by Crippen LogP contribution is -2.38. The zero-order chi connectivity index (χ0) is 15.8. The average molecular weight is 307 g/mol. The van der Waals surface area contributed by atoms with Crippen LogP contribution in [0.25, 0.3) is 10.9 Å². The Morgan fingerprint density at radius 2 is 2.00 bits per heavy atom. The molecule has 0 saturated carbocycles. The van der Waals surface area contributed by atoms with Crippen LogP contribution in [0.15, 0.2) is 18.2 Å². The third-order valence-electron chi connectivity index (χ3n) is 5.33. The Kier molecular flexibility index (Phi) is 3.57. The van der Waals surface area contributed by atoms with Gasteiger partial charge in [0.1, 0.15) is 0 Å². The summed E-state index contributed by atoms with van der Waals surface area (Å²) in [6.45, 7) is 1.38.